The molecular formula is C28H34N2O2S. The van der Waals surface area contributed by atoms with Gasteiger partial charge in [0.1, 0.15) is 0 Å². The van der Waals surface area contributed by atoms with E-state index in [2.05, 4.69) is 54.3 Å². The molecule has 2 atom stereocenters. The van der Waals surface area contributed by atoms with Crippen molar-refractivity contribution in [3.8, 4) is 0 Å². The van der Waals surface area contributed by atoms with Gasteiger partial charge in [-0.15, -0.1) is 6.58 Å². The molecule has 33 heavy (non-hydrogen) atoms. The van der Waals surface area contributed by atoms with E-state index in [0.717, 1.165) is 5.56 Å². The molecule has 0 fully saturated rings. The van der Waals surface area contributed by atoms with Gasteiger partial charge in [0.25, 0.3) is 0 Å². The van der Waals surface area contributed by atoms with Gasteiger partial charge in [-0.2, -0.15) is 0 Å². The summed E-state index contributed by atoms with van der Waals surface area (Å²) in [6, 6.07) is 26.9. The van der Waals surface area contributed by atoms with Crippen LogP contribution in [0.25, 0.3) is 0 Å². The Hall–Kier alpha value is -2.73. The summed E-state index contributed by atoms with van der Waals surface area (Å²) in [5, 5.41) is 0. The highest BCUT2D eigenvalue weighted by molar-refractivity contribution is 7.89. The first kappa shape index (κ1) is 24.9. The first-order chi connectivity index (χ1) is 15.8. The maximum atomic E-state index is 13.2. The largest absolute Gasteiger partial charge is 0.290 e. The second-order valence-corrected chi connectivity index (χ2v) is 10.5. The Labute approximate surface area is 199 Å². The number of hydrogen-bond acceptors (Lipinski definition) is 3. The third kappa shape index (κ3) is 6.87. The van der Waals surface area contributed by atoms with Gasteiger partial charge < -0.3 is 0 Å². The summed E-state index contributed by atoms with van der Waals surface area (Å²) in [5.41, 5.74) is 3.39. The predicted octanol–water partition coefficient (Wildman–Crippen LogP) is 5.55. The standard InChI is InChI=1S/C28H34N2O2S/c1-5-27(29-33(31,32)26-18-16-23(4)17-19-26)28(22(2)3)30(20-24-12-8-6-9-13-24)21-25-14-10-7-11-15-25/h5-19,22,27-29H,1,20-21H2,2-4H3/t27-,28+/m1/s1. The molecule has 0 aromatic heterocycles. The normalized spacial score (nSPS) is 13.7. The highest BCUT2D eigenvalue weighted by Crippen LogP contribution is 2.23. The van der Waals surface area contributed by atoms with Gasteiger partial charge in [-0.05, 0) is 36.1 Å². The minimum atomic E-state index is -3.69. The zero-order valence-electron chi connectivity index (χ0n) is 19.7. The van der Waals surface area contributed by atoms with Crippen LogP contribution in [0.3, 0.4) is 0 Å². The molecule has 0 aliphatic rings. The first-order valence-electron chi connectivity index (χ1n) is 11.3. The summed E-state index contributed by atoms with van der Waals surface area (Å²) in [6.45, 7) is 11.6. The lowest BCUT2D eigenvalue weighted by atomic mass is 9.94. The van der Waals surface area contributed by atoms with Crippen LogP contribution in [-0.4, -0.2) is 25.4 Å². The number of rotatable bonds is 11. The molecule has 0 amide bonds. The van der Waals surface area contributed by atoms with E-state index in [4.69, 9.17) is 0 Å². The van der Waals surface area contributed by atoms with Crippen molar-refractivity contribution >= 4 is 10.0 Å². The van der Waals surface area contributed by atoms with Crippen LogP contribution in [0.1, 0.15) is 30.5 Å². The smallest absolute Gasteiger partial charge is 0.241 e. The number of aryl methyl sites for hydroxylation is 1. The van der Waals surface area contributed by atoms with Gasteiger partial charge >= 0.3 is 0 Å². The van der Waals surface area contributed by atoms with E-state index in [9.17, 15) is 8.42 Å². The Bertz CT molecular complexity index is 1070. The summed E-state index contributed by atoms with van der Waals surface area (Å²) in [7, 11) is -3.69. The zero-order valence-corrected chi connectivity index (χ0v) is 20.5. The molecule has 4 nitrogen and oxygen atoms in total. The molecule has 0 spiro atoms. The van der Waals surface area contributed by atoms with Crippen LogP contribution in [0, 0.1) is 12.8 Å². The summed E-state index contributed by atoms with van der Waals surface area (Å²) >= 11 is 0. The van der Waals surface area contributed by atoms with Crippen molar-refractivity contribution in [2.75, 3.05) is 0 Å². The molecule has 0 radical (unpaired) electrons. The third-order valence-corrected chi connectivity index (χ3v) is 7.28. The number of sulfonamides is 1. The van der Waals surface area contributed by atoms with Crippen molar-refractivity contribution in [2.45, 2.75) is 50.8 Å². The average molecular weight is 463 g/mol. The molecule has 0 bridgehead atoms. The molecule has 174 valence electrons. The molecule has 3 rings (SSSR count). The molecule has 5 heteroatoms. The van der Waals surface area contributed by atoms with Crippen LogP contribution >= 0.6 is 0 Å². The van der Waals surface area contributed by atoms with E-state index in [1.54, 1.807) is 18.2 Å². The van der Waals surface area contributed by atoms with Crippen LogP contribution in [0.15, 0.2) is 102 Å². The van der Waals surface area contributed by atoms with Crippen molar-refractivity contribution in [3.63, 3.8) is 0 Å². The molecule has 3 aromatic rings. The molecule has 3 aromatic carbocycles. The maximum Gasteiger partial charge on any atom is 0.241 e. The predicted molar refractivity (Wildman–Crippen MR) is 136 cm³/mol. The van der Waals surface area contributed by atoms with E-state index in [1.807, 2.05) is 55.5 Å². The minimum absolute atomic E-state index is 0.0943. The van der Waals surface area contributed by atoms with E-state index in [0.29, 0.717) is 13.1 Å². The summed E-state index contributed by atoms with van der Waals surface area (Å²) < 4.78 is 29.3. The first-order valence-corrected chi connectivity index (χ1v) is 12.8. The van der Waals surface area contributed by atoms with Gasteiger partial charge in [0.15, 0.2) is 0 Å². The fourth-order valence-electron chi connectivity index (χ4n) is 4.19. The minimum Gasteiger partial charge on any atom is -0.290 e. The number of benzene rings is 3. The zero-order chi connectivity index (χ0) is 23.8. The molecule has 0 aliphatic heterocycles. The topological polar surface area (TPSA) is 49.4 Å². The second kappa shape index (κ2) is 11.4. The van der Waals surface area contributed by atoms with Gasteiger partial charge in [-0.25, -0.2) is 13.1 Å². The van der Waals surface area contributed by atoms with Crippen molar-refractivity contribution in [1.29, 1.82) is 0 Å². The van der Waals surface area contributed by atoms with Crippen LogP contribution in [-0.2, 0) is 23.1 Å². The van der Waals surface area contributed by atoms with Crippen LogP contribution < -0.4 is 4.72 Å². The molecule has 0 saturated carbocycles. The summed E-state index contributed by atoms with van der Waals surface area (Å²) in [5.74, 6) is 0.182. The van der Waals surface area contributed by atoms with Gasteiger partial charge in [-0.3, -0.25) is 4.90 Å². The number of nitrogens with zero attached hydrogens (tertiary/aromatic N) is 1. The van der Waals surface area contributed by atoms with Gasteiger partial charge in [0.2, 0.25) is 10.0 Å². The Morgan fingerprint density at radius 3 is 1.76 bits per heavy atom. The Morgan fingerprint density at radius 1 is 0.848 bits per heavy atom. The summed E-state index contributed by atoms with van der Waals surface area (Å²) in [4.78, 5) is 2.61. The van der Waals surface area contributed by atoms with E-state index in [1.165, 1.54) is 11.1 Å². The Balaban J connectivity index is 1.94. The van der Waals surface area contributed by atoms with E-state index < -0.39 is 16.1 Å². The lowest BCUT2D eigenvalue weighted by Gasteiger charge is -2.39. The third-order valence-electron chi connectivity index (χ3n) is 5.81. The van der Waals surface area contributed by atoms with Gasteiger partial charge in [0.05, 0.1) is 10.9 Å². The maximum absolute atomic E-state index is 13.2. The van der Waals surface area contributed by atoms with Crippen LogP contribution in [0.4, 0.5) is 0 Å². The van der Waals surface area contributed by atoms with Crippen molar-refractivity contribution in [3.05, 3.63) is 114 Å². The van der Waals surface area contributed by atoms with Crippen LogP contribution in [0.5, 0.6) is 0 Å². The highest BCUT2D eigenvalue weighted by atomic mass is 32.2. The van der Waals surface area contributed by atoms with E-state index in [-0.39, 0.29) is 16.9 Å². The lowest BCUT2D eigenvalue weighted by Crippen LogP contribution is -2.52. The highest BCUT2D eigenvalue weighted by Gasteiger charge is 2.32. The van der Waals surface area contributed by atoms with Gasteiger partial charge in [0, 0.05) is 19.1 Å². The fraction of sp³-hybridized carbons (Fsp3) is 0.286. The quantitative estimate of drug-likeness (QED) is 0.380. The summed E-state index contributed by atoms with van der Waals surface area (Å²) in [6.07, 6.45) is 1.72. The molecule has 0 unspecified atom stereocenters. The second-order valence-electron chi connectivity index (χ2n) is 8.81. The lowest BCUT2D eigenvalue weighted by molar-refractivity contribution is 0.122. The molecule has 0 aliphatic carbocycles. The number of nitrogens with one attached hydrogen (secondary N) is 1. The molecule has 1 N–H and O–H groups in total. The van der Waals surface area contributed by atoms with Crippen molar-refractivity contribution in [1.82, 2.24) is 9.62 Å². The van der Waals surface area contributed by atoms with Gasteiger partial charge in [-0.1, -0.05) is 98.3 Å². The fourth-order valence-corrected chi connectivity index (χ4v) is 5.41. The molecule has 0 saturated heterocycles. The molecule has 0 heterocycles. The Morgan fingerprint density at radius 2 is 1.33 bits per heavy atom. The SMILES string of the molecule is C=C[C@@H](NS(=O)(=O)c1ccc(C)cc1)[C@H](C(C)C)N(Cc1ccccc1)Cc1ccccc1. The monoisotopic (exact) mass is 462 g/mol. The van der Waals surface area contributed by atoms with Crippen LogP contribution in [0.2, 0.25) is 0 Å². The van der Waals surface area contributed by atoms with Crippen molar-refractivity contribution < 1.29 is 8.42 Å². The Kier molecular flexibility index (Phi) is 8.61. The average Bonchev–Trinajstić information content (AvgIpc) is 2.80. The molecular weight excluding hydrogens is 428 g/mol. The van der Waals surface area contributed by atoms with Crippen molar-refractivity contribution in [2.24, 2.45) is 5.92 Å². The number of hydrogen-bond donors (Lipinski definition) is 1. The van der Waals surface area contributed by atoms with E-state index >= 15 is 0 Å².